The molecule has 0 spiro atoms. The molecule has 42 heavy (non-hydrogen) atoms. The molecule has 4 N–H and O–H groups in total. The highest BCUT2D eigenvalue weighted by Crippen LogP contribution is 2.37. The Kier molecular flexibility index (Phi) is 11.2. The molecule has 1 aliphatic heterocycles. The van der Waals surface area contributed by atoms with E-state index in [1.54, 1.807) is 24.5 Å². The zero-order valence-electron chi connectivity index (χ0n) is 22.4. The molecule has 1 saturated heterocycles. The molecule has 4 heterocycles. The number of aromatic nitrogens is 3. The van der Waals surface area contributed by atoms with Gasteiger partial charge < -0.3 is 21.1 Å². The van der Waals surface area contributed by atoms with Crippen LogP contribution in [0.3, 0.4) is 0 Å². The number of benzene rings is 1. The normalized spacial score (nSPS) is 16.5. The molecule has 3 aromatic heterocycles. The summed E-state index contributed by atoms with van der Waals surface area (Å²) in [6.45, 7) is 1.68. The van der Waals surface area contributed by atoms with Crippen LogP contribution >= 0.6 is 48.8 Å². The van der Waals surface area contributed by atoms with Gasteiger partial charge in [-0.2, -0.15) is 0 Å². The van der Waals surface area contributed by atoms with E-state index in [2.05, 4.69) is 20.2 Å². The number of phenolic OH excluding ortho intramolecular Hbond substituents is 1. The largest absolute Gasteiger partial charge is 0.504 e. The van der Waals surface area contributed by atoms with Gasteiger partial charge in [0.1, 0.15) is 11.3 Å². The lowest BCUT2D eigenvalue weighted by Crippen LogP contribution is -2.43. The fraction of sp³-hybridized carbons (Fsp3) is 0.310. The molecule has 2 aliphatic rings. The maximum Gasteiger partial charge on any atom is 0.170 e. The summed E-state index contributed by atoms with van der Waals surface area (Å²) >= 11 is 6.02. The second kappa shape index (κ2) is 14.0. The van der Waals surface area contributed by atoms with Crippen LogP contribution < -0.4 is 16.0 Å². The van der Waals surface area contributed by atoms with Crippen LogP contribution in [-0.2, 0) is 0 Å². The van der Waals surface area contributed by atoms with Gasteiger partial charge in [-0.3, -0.25) is 9.78 Å². The Balaban J connectivity index is 0.00000161. The molecule has 0 radical (unpaired) electrons. The highest BCUT2D eigenvalue weighted by atomic mass is 35.5. The fourth-order valence-electron chi connectivity index (χ4n) is 5.15. The van der Waals surface area contributed by atoms with Crippen LogP contribution in [-0.4, -0.2) is 45.0 Å². The van der Waals surface area contributed by atoms with Gasteiger partial charge in [0.2, 0.25) is 0 Å². The Morgan fingerprint density at radius 1 is 1.05 bits per heavy atom. The van der Waals surface area contributed by atoms with E-state index in [4.69, 9.17) is 22.3 Å². The molecule has 2 fully saturated rings. The summed E-state index contributed by atoms with van der Waals surface area (Å²) in [4.78, 5) is 29.5. The Hall–Kier alpha value is -2.95. The molecule has 0 bridgehead atoms. The van der Waals surface area contributed by atoms with Crippen molar-refractivity contribution in [2.75, 3.05) is 23.3 Å². The molecule has 13 heteroatoms. The highest BCUT2D eigenvalue weighted by molar-refractivity contribution is 6.32. The molecule has 1 aromatic carbocycles. The quantitative estimate of drug-likeness (QED) is 0.188. The lowest BCUT2D eigenvalue weighted by atomic mass is 9.80. The zero-order chi connectivity index (χ0) is 27.1. The van der Waals surface area contributed by atoms with Crippen LogP contribution in [0.25, 0.3) is 22.3 Å². The first-order chi connectivity index (χ1) is 18.9. The molecule has 8 nitrogen and oxygen atoms in total. The number of phenols is 1. The van der Waals surface area contributed by atoms with E-state index in [-0.39, 0.29) is 60.0 Å². The average Bonchev–Trinajstić information content (AvgIpc) is 2.90. The Morgan fingerprint density at radius 2 is 1.83 bits per heavy atom. The van der Waals surface area contributed by atoms with Crippen molar-refractivity contribution in [1.29, 1.82) is 0 Å². The third-order valence-electron chi connectivity index (χ3n) is 7.57. The van der Waals surface area contributed by atoms with E-state index in [1.165, 1.54) is 12.1 Å². The number of aromatic hydroxyl groups is 1. The van der Waals surface area contributed by atoms with Crippen LogP contribution in [0.1, 0.15) is 42.5 Å². The van der Waals surface area contributed by atoms with E-state index in [1.807, 2.05) is 12.1 Å². The maximum atomic E-state index is 14.3. The van der Waals surface area contributed by atoms with Crippen molar-refractivity contribution in [1.82, 2.24) is 15.0 Å². The van der Waals surface area contributed by atoms with Crippen LogP contribution in [0.5, 0.6) is 5.75 Å². The number of halogens is 5. The number of piperidine rings is 1. The Morgan fingerprint density at radius 3 is 2.48 bits per heavy atom. The first-order valence-corrected chi connectivity index (χ1v) is 13.5. The molecule has 1 saturated carbocycles. The second-order valence-electron chi connectivity index (χ2n) is 10.3. The van der Waals surface area contributed by atoms with Crippen LogP contribution in [0.2, 0.25) is 5.02 Å². The molecule has 4 aromatic rings. The van der Waals surface area contributed by atoms with Gasteiger partial charge in [0.05, 0.1) is 39.4 Å². The molecule has 6 rings (SSSR count). The molecular formula is C29H31Cl4FN6O2. The second-order valence-corrected chi connectivity index (χ2v) is 10.7. The van der Waals surface area contributed by atoms with E-state index in [0.29, 0.717) is 39.2 Å². The summed E-state index contributed by atoms with van der Waals surface area (Å²) in [5.41, 5.74) is 9.68. The lowest BCUT2D eigenvalue weighted by Gasteiger charge is -2.31. The van der Waals surface area contributed by atoms with Gasteiger partial charge in [0.25, 0.3) is 0 Å². The summed E-state index contributed by atoms with van der Waals surface area (Å²) in [5.74, 6) is -0.614. The molecule has 224 valence electrons. The van der Waals surface area contributed by atoms with Crippen molar-refractivity contribution in [3.63, 3.8) is 0 Å². The van der Waals surface area contributed by atoms with Crippen LogP contribution in [0, 0.1) is 11.7 Å². The molecule has 0 unspecified atom stereocenters. The molecular weight excluding hydrogens is 625 g/mol. The highest BCUT2D eigenvalue weighted by Gasteiger charge is 2.29. The van der Waals surface area contributed by atoms with Gasteiger partial charge in [-0.05, 0) is 62.1 Å². The van der Waals surface area contributed by atoms with Gasteiger partial charge in [0, 0.05) is 36.8 Å². The van der Waals surface area contributed by atoms with E-state index in [0.717, 1.165) is 51.0 Å². The number of anilines is 3. The lowest BCUT2D eigenvalue weighted by molar-refractivity contribution is 0.0856. The first kappa shape index (κ1) is 33.6. The monoisotopic (exact) mass is 654 g/mol. The standard InChI is InChI=1S/C29H28ClFN6O2.3ClH/c30-21-11-17(12-22(31)29(21)39)23-7-8-24-27(36-23)26(20(14-33-24)28(38)16-3-1-4-16)35-19-6-9-25(34-13-19)37-10-2-5-18(32)15-37;;;/h6-9,11-14,16,18,39H,1-5,10,15,32H2,(H,33,35);3*1H/t18-;;;/m0.../s1. The summed E-state index contributed by atoms with van der Waals surface area (Å²) in [5, 5.41) is 13.0. The van der Waals surface area contributed by atoms with Crippen LogP contribution in [0.4, 0.5) is 21.6 Å². The van der Waals surface area contributed by atoms with Gasteiger partial charge in [-0.25, -0.2) is 14.4 Å². The number of pyridine rings is 3. The van der Waals surface area contributed by atoms with Gasteiger partial charge in [-0.15, -0.1) is 37.2 Å². The Labute approximate surface area is 266 Å². The number of hydrogen-bond donors (Lipinski definition) is 3. The predicted octanol–water partition coefficient (Wildman–Crippen LogP) is 7.11. The number of fused-ring (bicyclic) bond motifs is 1. The number of hydrogen-bond acceptors (Lipinski definition) is 8. The summed E-state index contributed by atoms with van der Waals surface area (Å²) in [6, 6.07) is 10.1. The minimum Gasteiger partial charge on any atom is -0.504 e. The number of Topliss-reactive ketones (excluding diaryl/α,β-unsaturated/α-hetero) is 1. The number of ketones is 1. The molecule has 1 atom stereocenters. The predicted molar refractivity (Wildman–Crippen MR) is 172 cm³/mol. The van der Waals surface area contributed by atoms with Crippen molar-refractivity contribution >= 4 is 82.8 Å². The Bertz CT molecular complexity index is 1550. The van der Waals surface area contributed by atoms with Crippen molar-refractivity contribution < 1.29 is 14.3 Å². The fourth-order valence-corrected chi connectivity index (χ4v) is 5.36. The number of carbonyl (C=O) groups excluding carboxylic acids is 1. The number of nitrogens with two attached hydrogens (primary N) is 1. The number of carbonyl (C=O) groups is 1. The minimum atomic E-state index is -0.842. The third kappa shape index (κ3) is 6.66. The third-order valence-corrected chi connectivity index (χ3v) is 7.85. The topological polar surface area (TPSA) is 117 Å². The van der Waals surface area contributed by atoms with E-state index >= 15 is 0 Å². The minimum absolute atomic E-state index is 0. The van der Waals surface area contributed by atoms with Gasteiger partial charge in [0.15, 0.2) is 17.3 Å². The zero-order valence-corrected chi connectivity index (χ0v) is 25.6. The van der Waals surface area contributed by atoms with E-state index in [9.17, 15) is 14.3 Å². The smallest absolute Gasteiger partial charge is 0.170 e. The number of nitrogens with one attached hydrogen (secondary N) is 1. The van der Waals surface area contributed by atoms with Crippen molar-refractivity contribution in [2.24, 2.45) is 11.7 Å². The van der Waals surface area contributed by atoms with Crippen LogP contribution in [0.15, 0.2) is 48.8 Å². The van der Waals surface area contributed by atoms with Gasteiger partial charge in [-0.1, -0.05) is 18.0 Å². The van der Waals surface area contributed by atoms with Gasteiger partial charge >= 0.3 is 0 Å². The van der Waals surface area contributed by atoms with E-state index < -0.39 is 11.6 Å². The van der Waals surface area contributed by atoms with Crippen molar-refractivity contribution in [2.45, 2.75) is 38.1 Å². The van der Waals surface area contributed by atoms with Crippen molar-refractivity contribution in [3.8, 4) is 17.0 Å². The summed E-state index contributed by atoms with van der Waals surface area (Å²) in [6.07, 6.45) is 8.11. The van der Waals surface area contributed by atoms with Crippen molar-refractivity contribution in [3.05, 3.63) is 65.2 Å². The first-order valence-electron chi connectivity index (χ1n) is 13.1. The molecule has 1 aliphatic carbocycles. The average molecular weight is 656 g/mol. The summed E-state index contributed by atoms with van der Waals surface area (Å²) < 4.78 is 14.3. The SMILES string of the molecule is Cl.Cl.Cl.N[C@H]1CCCN(c2ccc(Nc3c(C(=O)C4CCC4)cnc4ccc(-c5cc(F)c(O)c(Cl)c5)nc34)cn2)C1. The maximum absolute atomic E-state index is 14.3. The number of nitrogens with zero attached hydrogens (tertiary/aromatic N) is 4. The summed E-state index contributed by atoms with van der Waals surface area (Å²) in [7, 11) is 0. The number of rotatable bonds is 6. The molecule has 0 amide bonds.